The zero-order valence-corrected chi connectivity index (χ0v) is 13.9. The Bertz CT molecular complexity index is 425. The Morgan fingerprint density at radius 1 is 1.24 bits per heavy atom. The van der Waals surface area contributed by atoms with Crippen LogP contribution in [0.3, 0.4) is 0 Å². The van der Waals surface area contributed by atoms with Crippen molar-refractivity contribution in [2.45, 2.75) is 39.0 Å². The van der Waals surface area contributed by atoms with Gasteiger partial charge in [0.25, 0.3) is 0 Å². The maximum Gasteiger partial charge on any atom is 0.223 e. The minimum atomic E-state index is 0. The summed E-state index contributed by atoms with van der Waals surface area (Å²) in [4.78, 5) is 14.5. The summed E-state index contributed by atoms with van der Waals surface area (Å²) in [7, 11) is 0. The van der Waals surface area contributed by atoms with Crippen LogP contribution in [0.4, 0.5) is 0 Å². The summed E-state index contributed by atoms with van der Waals surface area (Å²) in [6, 6.07) is 8.61. The topological polar surface area (TPSA) is 32.3 Å². The molecule has 0 spiro atoms. The molecule has 0 aliphatic carbocycles. The minimum absolute atomic E-state index is 0. The Morgan fingerprint density at radius 3 is 2.62 bits per heavy atom. The van der Waals surface area contributed by atoms with Crippen molar-refractivity contribution in [3.8, 4) is 0 Å². The number of nitrogens with one attached hydrogen (secondary N) is 1. The van der Waals surface area contributed by atoms with E-state index in [0.29, 0.717) is 18.2 Å². The molecule has 1 aromatic carbocycles. The average Bonchev–Trinajstić information content (AvgIpc) is 2.75. The number of carbonyl (C=O) groups is 1. The van der Waals surface area contributed by atoms with Gasteiger partial charge in [-0.3, -0.25) is 4.79 Å². The van der Waals surface area contributed by atoms with Gasteiger partial charge < -0.3 is 10.2 Å². The van der Waals surface area contributed by atoms with Gasteiger partial charge in [-0.25, -0.2) is 0 Å². The number of carbonyl (C=O) groups excluding carboxylic acids is 1. The molecule has 3 nitrogen and oxygen atoms in total. The van der Waals surface area contributed by atoms with Gasteiger partial charge in [0.2, 0.25) is 5.91 Å². The van der Waals surface area contributed by atoms with E-state index >= 15 is 0 Å². The molecule has 1 fully saturated rings. The fourth-order valence-corrected chi connectivity index (χ4v) is 2.77. The standard InChI is InChI=1S/C17H26N2O.ClH/c1-3-15(16-7-5-14(2)6-8-16)13-17(20)19-11-4-9-18-10-12-19;/h5-8,15,18H,3-4,9-13H2,1-2H3;1H. The third-order valence-corrected chi connectivity index (χ3v) is 4.16. The number of hydrogen-bond acceptors (Lipinski definition) is 2. The van der Waals surface area contributed by atoms with Gasteiger partial charge >= 0.3 is 0 Å². The highest BCUT2D eigenvalue weighted by atomic mass is 35.5. The van der Waals surface area contributed by atoms with Gasteiger partial charge in [-0.2, -0.15) is 0 Å². The molecule has 1 atom stereocenters. The molecule has 0 radical (unpaired) electrons. The molecule has 118 valence electrons. The van der Waals surface area contributed by atoms with Gasteiger partial charge in [-0.05, 0) is 37.8 Å². The first kappa shape index (κ1) is 18.0. The van der Waals surface area contributed by atoms with E-state index in [1.54, 1.807) is 0 Å². The van der Waals surface area contributed by atoms with Crippen LogP contribution < -0.4 is 5.32 Å². The molecule has 1 amide bonds. The number of amides is 1. The maximum absolute atomic E-state index is 12.5. The lowest BCUT2D eigenvalue weighted by atomic mass is 9.92. The van der Waals surface area contributed by atoms with Crippen molar-refractivity contribution < 1.29 is 4.79 Å². The van der Waals surface area contributed by atoms with Gasteiger partial charge in [-0.1, -0.05) is 36.8 Å². The van der Waals surface area contributed by atoms with Crippen molar-refractivity contribution in [2.24, 2.45) is 0 Å². The van der Waals surface area contributed by atoms with Crippen molar-refractivity contribution in [3.63, 3.8) is 0 Å². The predicted molar refractivity (Wildman–Crippen MR) is 90.1 cm³/mol. The number of hydrogen-bond donors (Lipinski definition) is 1. The smallest absolute Gasteiger partial charge is 0.223 e. The molecule has 0 aromatic heterocycles. The maximum atomic E-state index is 12.5. The Kier molecular flexibility index (Phi) is 7.76. The third-order valence-electron chi connectivity index (χ3n) is 4.16. The molecule has 1 unspecified atom stereocenters. The zero-order valence-electron chi connectivity index (χ0n) is 13.1. The molecule has 1 aliphatic heterocycles. The highest BCUT2D eigenvalue weighted by Crippen LogP contribution is 2.24. The summed E-state index contributed by atoms with van der Waals surface area (Å²) in [5.41, 5.74) is 2.56. The first-order chi connectivity index (χ1) is 9.70. The Labute approximate surface area is 134 Å². The van der Waals surface area contributed by atoms with E-state index in [2.05, 4.69) is 43.4 Å². The van der Waals surface area contributed by atoms with Crippen molar-refractivity contribution in [3.05, 3.63) is 35.4 Å². The number of aryl methyl sites for hydroxylation is 1. The highest BCUT2D eigenvalue weighted by Gasteiger charge is 2.20. The number of halogens is 1. The summed E-state index contributed by atoms with van der Waals surface area (Å²) in [6.45, 7) is 7.97. The summed E-state index contributed by atoms with van der Waals surface area (Å²) >= 11 is 0. The van der Waals surface area contributed by atoms with Crippen LogP contribution in [-0.2, 0) is 4.79 Å². The lowest BCUT2D eigenvalue weighted by Gasteiger charge is -2.23. The first-order valence-electron chi connectivity index (χ1n) is 7.75. The predicted octanol–water partition coefficient (Wildman–Crippen LogP) is 3.12. The first-order valence-corrected chi connectivity index (χ1v) is 7.75. The molecular formula is C17H27ClN2O. The summed E-state index contributed by atoms with van der Waals surface area (Å²) < 4.78 is 0. The van der Waals surface area contributed by atoms with Crippen LogP contribution in [0.5, 0.6) is 0 Å². The molecule has 1 saturated heterocycles. The second-order valence-electron chi connectivity index (χ2n) is 5.70. The summed E-state index contributed by atoms with van der Waals surface area (Å²) in [5, 5.41) is 3.34. The molecular weight excluding hydrogens is 284 g/mol. The van der Waals surface area contributed by atoms with Crippen LogP contribution in [0.15, 0.2) is 24.3 Å². The van der Waals surface area contributed by atoms with Crippen LogP contribution in [0.2, 0.25) is 0 Å². The van der Waals surface area contributed by atoms with Crippen LogP contribution >= 0.6 is 12.4 Å². The van der Waals surface area contributed by atoms with Gasteiger partial charge in [0.1, 0.15) is 0 Å². The Balaban J connectivity index is 0.00000220. The van der Waals surface area contributed by atoms with Gasteiger partial charge in [0.15, 0.2) is 0 Å². The molecule has 1 aliphatic rings. The molecule has 21 heavy (non-hydrogen) atoms. The van der Waals surface area contributed by atoms with Crippen LogP contribution in [0.25, 0.3) is 0 Å². The molecule has 0 bridgehead atoms. The number of rotatable bonds is 4. The quantitative estimate of drug-likeness (QED) is 0.926. The second kappa shape index (κ2) is 9.06. The lowest BCUT2D eigenvalue weighted by molar-refractivity contribution is -0.131. The van der Waals surface area contributed by atoms with Crippen LogP contribution in [0.1, 0.15) is 43.2 Å². The number of nitrogens with zero attached hydrogens (tertiary/aromatic N) is 1. The van der Waals surface area contributed by atoms with E-state index in [4.69, 9.17) is 0 Å². The molecule has 4 heteroatoms. The zero-order chi connectivity index (χ0) is 14.4. The summed E-state index contributed by atoms with van der Waals surface area (Å²) in [6.07, 6.45) is 2.72. The van der Waals surface area contributed by atoms with E-state index in [9.17, 15) is 4.79 Å². The monoisotopic (exact) mass is 310 g/mol. The van der Waals surface area contributed by atoms with Crippen molar-refractivity contribution >= 4 is 18.3 Å². The van der Waals surface area contributed by atoms with E-state index in [0.717, 1.165) is 39.0 Å². The van der Waals surface area contributed by atoms with E-state index < -0.39 is 0 Å². The largest absolute Gasteiger partial charge is 0.341 e. The van der Waals surface area contributed by atoms with Gasteiger partial charge in [0, 0.05) is 26.1 Å². The van der Waals surface area contributed by atoms with E-state index in [1.807, 2.05) is 4.90 Å². The molecule has 0 saturated carbocycles. The van der Waals surface area contributed by atoms with Crippen LogP contribution in [0, 0.1) is 6.92 Å². The van der Waals surface area contributed by atoms with Crippen molar-refractivity contribution in [2.75, 3.05) is 26.2 Å². The van der Waals surface area contributed by atoms with E-state index in [-0.39, 0.29) is 12.4 Å². The minimum Gasteiger partial charge on any atom is -0.341 e. The fraction of sp³-hybridized carbons (Fsp3) is 0.588. The third kappa shape index (κ3) is 5.33. The molecule has 1 aromatic rings. The molecule has 2 rings (SSSR count). The Hall–Kier alpha value is -1.06. The van der Waals surface area contributed by atoms with Gasteiger partial charge in [-0.15, -0.1) is 12.4 Å². The SMILES string of the molecule is CCC(CC(=O)N1CCCNCC1)c1ccc(C)cc1.Cl. The normalized spacial score (nSPS) is 16.8. The highest BCUT2D eigenvalue weighted by molar-refractivity contribution is 5.85. The lowest BCUT2D eigenvalue weighted by Crippen LogP contribution is -2.34. The average molecular weight is 311 g/mol. The Morgan fingerprint density at radius 2 is 1.95 bits per heavy atom. The summed E-state index contributed by atoms with van der Waals surface area (Å²) in [5.74, 6) is 0.653. The van der Waals surface area contributed by atoms with Crippen molar-refractivity contribution in [1.29, 1.82) is 0 Å². The number of benzene rings is 1. The van der Waals surface area contributed by atoms with E-state index in [1.165, 1.54) is 11.1 Å². The van der Waals surface area contributed by atoms with Gasteiger partial charge in [0.05, 0.1) is 0 Å². The molecule has 1 heterocycles. The second-order valence-corrected chi connectivity index (χ2v) is 5.70. The van der Waals surface area contributed by atoms with Crippen molar-refractivity contribution in [1.82, 2.24) is 10.2 Å². The molecule has 1 N–H and O–H groups in total. The fourth-order valence-electron chi connectivity index (χ4n) is 2.77. The van der Waals surface area contributed by atoms with Crippen LogP contribution in [-0.4, -0.2) is 37.0 Å².